The minimum absolute atomic E-state index is 0.0612. The number of pyridine rings is 1. The van der Waals surface area contributed by atoms with E-state index in [-0.39, 0.29) is 17.7 Å². The van der Waals surface area contributed by atoms with Crippen molar-refractivity contribution in [3.63, 3.8) is 0 Å². The molecule has 0 radical (unpaired) electrons. The first-order chi connectivity index (χ1) is 13.2. The number of carbonyl (C=O) groups excluding carboxylic acids is 1. The van der Waals surface area contributed by atoms with Crippen molar-refractivity contribution >= 4 is 17.3 Å². The van der Waals surface area contributed by atoms with Crippen LogP contribution in [-0.2, 0) is 11.3 Å². The quantitative estimate of drug-likeness (QED) is 0.864. The minimum atomic E-state index is -0.488. The summed E-state index contributed by atoms with van der Waals surface area (Å²) in [5.74, 6) is 0. The number of nitrogens with zero attached hydrogens (tertiary/aromatic N) is 4. The smallest absolute Gasteiger partial charge is 0.407 e. The Bertz CT molecular complexity index is 895. The van der Waals surface area contributed by atoms with E-state index in [9.17, 15) is 9.59 Å². The van der Waals surface area contributed by atoms with Crippen LogP contribution in [-0.4, -0.2) is 56.8 Å². The number of nitrogens with one attached hydrogen (secondary N) is 1. The SMILES string of the molecule is Cc1cnc2ccc(=O)n(CCN3CCC(NC(=O)OC(C)(C)C)CC3)c2n1. The van der Waals surface area contributed by atoms with E-state index >= 15 is 0 Å². The highest BCUT2D eigenvalue weighted by Gasteiger charge is 2.23. The number of amides is 1. The van der Waals surface area contributed by atoms with Gasteiger partial charge in [-0.2, -0.15) is 0 Å². The molecule has 1 fully saturated rings. The van der Waals surface area contributed by atoms with E-state index in [2.05, 4.69) is 20.2 Å². The molecule has 0 saturated carbocycles. The van der Waals surface area contributed by atoms with Gasteiger partial charge in [0.05, 0.1) is 5.69 Å². The molecule has 0 atom stereocenters. The molecule has 2 aromatic heterocycles. The molecular weight excluding hydrogens is 358 g/mol. The van der Waals surface area contributed by atoms with E-state index in [4.69, 9.17) is 4.74 Å². The Hall–Kier alpha value is -2.48. The monoisotopic (exact) mass is 387 g/mol. The molecule has 1 aliphatic heterocycles. The maximum Gasteiger partial charge on any atom is 0.407 e. The van der Waals surface area contributed by atoms with Gasteiger partial charge in [0, 0.05) is 44.5 Å². The molecule has 0 spiro atoms. The maximum atomic E-state index is 12.3. The van der Waals surface area contributed by atoms with Crippen LogP contribution in [0.5, 0.6) is 0 Å². The Morgan fingerprint density at radius 1 is 1.25 bits per heavy atom. The second kappa shape index (κ2) is 8.26. The molecule has 2 aromatic rings. The fourth-order valence-electron chi connectivity index (χ4n) is 3.37. The summed E-state index contributed by atoms with van der Waals surface area (Å²) in [4.78, 5) is 35.4. The van der Waals surface area contributed by atoms with Crippen molar-refractivity contribution in [3.05, 3.63) is 34.4 Å². The lowest BCUT2D eigenvalue weighted by molar-refractivity contribution is 0.0478. The second-order valence-corrected chi connectivity index (χ2v) is 8.31. The van der Waals surface area contributed by atoms with E-state index in [0.29, 0.717) is 12.2 Å². The first-order valence-corrected chi connectivity index (χ1v) is 9.76. The van der Waals surface area contributed by atoms with Crippen molar-refractivity contribution in [2.24, 2.45) is 0 Å². The normalized spacial score (nSPS) is 16.3. The molecule has 8 nitrogen and oxygen atoms in total. The summed E-state index contributed by atoms with van der Waals surface area (Å²) in [6, 6.07) is 3.39. The minimum Gasteiger partial charge on any atom is -0.444 e. The highest BCUT2D eigenvalue weighted by molar-refractivity contribution is 5.69. The summed E-state index contributed by atoms with van der Waals surface area (Å²) in [6.45, 7) is 10.5. The van der Waals surface area contributed by atoms with Gasteiger partial charge in [0.2, 0.25) is 0 Å². The maximum absolute atomic E-state index is 12.3. The first-order valence-electron chi connectivity index (χ1n) is 9.76. The number of hydrogen-bond donors (Lipinski definition) is 1. The van der Waals surface area contributed by atoms with Crippen LogP contribution < -0.4 is 10.9 Å². The van der Waals surface area contributed by atoms with Gasteiger partial charge in [0.1, 0.15) is 11.1 Å². The predicted molar refractivity (Wildman–Crippen MR) is 107 cm³/mol. The van der Waals surface area contributed by atoms with Gasteiger partial charge in [-0.1, -0.05) is 0 Å². The topological polar surface area (TPSA) is 89.4 Å². The number of aromatic nitrogens is 3. The fourth-order valence-corrected chi connectivity index (χ4v) is 3.37. The molecular formula is C20H29N5O3. The lowest BCUT2D eigenvalue weighted by Crippen LogP contribution is -2.46. The van der Waals surface area contributed by atoms with Crippen LogP contribution in [0.1, 0.15) is 39.3 Å². The van der Waals surface area contributed by atoms with Gasteiger partial charge in [-0.15, -0.1) is 0 Å². The number of ether oxygens (including phenoxy) is 1. The molecule has 0 unspecified atom stereocenters. The molecule has 8 heteroatoms. The zero-order valence-electron chi connectivity index (χ0n) is 17.1. The first kappa shape index (κ1) is 20.3. The molecule has 28 heavy (non-hydrogen) atoms. The zero-order chi connectivity index (χ0) is 20.3. The number of alkyl carbamates (subject to hydrolysis) is 1. The summed E-state index contributed by atoms with van der Waals surface area (Å²) >= 11 is 0. The van der Waals surface area contributed by atoms with Gasteiger partial charge in [0.25, 0.3) is 5.56 Å². The molecule has 0 aliphatic carbocycles. The highest BCUT2D eigenvalue weighted by Crippen LogP contribution is 2.13. The number of fused-ring (bicyclic) bond motifs is 1. The van der Waals surface area contributed by atoms with E-state index in [1.54, 1.807) is 22.9 Å². The number of hydrogen-bond acceptors (Lipinski definition) is 6. The zero-order valence-corrected chi connectivity index (χ0v) is 17.1. The lowest BCUT2D eigenvalue weighted by Gasteiger charge is -2.32. The van der Waals surface area contributed by atoms with Crippen LogP contribution in [0.3, 0.4) is 0 Å². The fraction of sp³-hybridized carbons (Fsp3) is 0.600. The largest absolute Gasteiger partial charge is 0.444 e. The Balaban J connectivity index is 1.54. The molecule has 1 saturated heterocycles. The summed E-state index contributed by atoms with van der Waals surface area (Å²) in [7, 11) is 0. The molecule has 1 N–H and O–H groups in total. The van der Waals surface area contributed by atoms with Crippen molar-refractivity contribution in [2.75, 3.05) is 19.6 Å². The molecule has 1 aliphatic rings. The summed E-state index contributed by atoms with van der Waals surface area (Å²) in [5, 5.41) is 2.95. The summed E-state index contributed by atoms with van der Waals surface area (Å²) in [6.07, 6.45) is 3.08. The standard InChI is InChI=1S/C20H29N5O3/c1-14-13-21-16-5-6-17(26)25(18(16)22-14)12-11-24-9-7-15(8-10-24)23-19(27)28-20(2,3)4/h5-6,13,15H,7-12H2,1-4H3,(H,23,27). The number of aryl methyl sites for hydroxylation is 1. The average molecular weight is 387 g/mol. The predicted octanol–water partition coefficient (Wildman–Crippen LogP) is 2.09. The Kier molecular flexibility index (Phi) is 5.98. The molecule has 152 valence electrons. The van der Waals surface area contributed by atoms with Gasteiger partial charge < -0.3 is 15.0 Å². The van der Waals surface area contributed by atoms with E-state index < -0.39 is 5.60 Å². The van der Waals surface area contributed by atoms with Crippen molar-refractivity contribution in [1.29, 1.82) is 0 Å². The summed E-state index contributed by atoms with van der Waals surface area (Å²) < 4.78 is 7.02. The lowest BCUT2D eigenvalue weighted by atomic mass is 10.1. The molecule has 3 rings (SSSR count). The Morgan fingerprint density at radius 3 is 2.64 bits per heavy atom. The van der Waals surface area contributed by atoms with E-state index in [1.165, 1.54) is 0 Å². The molecule has 1 amide bonds. The highest BCUT2D eigenvalue weighted by atomic mass is 16.6. The number of likely N-dealkylation sites (tertiary alicyclic amines) is 1. The van der Waals surface area contributed by atoms with Crippen molar-refractivity contribution in [1.82, 2.24) is 24.8 Å². The van der Waals surface area contributed by atoms with Crippen molar-refractivity contribution in [2.45, 2.75) is 58.7 Å². The average Bonchev–Trinajstić information content (AvgIpc) is 2.60. The number of piperidine rings is 1. The van der Waals surface area contributed by atoms with Crippen LogP contribution in [0.4, 0.5) is 4.79 Å². The molecule has 0 aromatic carbocycles. The van der Waals surface area contributed by atoms with Crippen molar-refractivity contribution < 1.29 is 9.53 Å². The summed E-state index contributed by atoms with van der Waals surface area (Å²) in [5.41, 5.74) is 1.60. The third-order valence-corrected chi connectivity index (χ3v) is 4.76. The van der Waals surface area contributed by atoms with Gasteiger partial charge in [0.15, 0.2) is 5.65 Å². The Labute approximate surface area is 164 Å². The van der Waals surface area contributed by atoms with Crippen LogP contribution >= 0.6 is 0 Å². The van der Waals surface area contributed by atoms with Crippen LogP contribution in [0.15, 0.2) is 23.1 Å². The molecule has 0 bridgehead atoms. The number of carbonyl (C=O) groups is 1. The van der Waals surface area contributed by atoms with Crippen LogP contribution in [0.25, 0.3) is 11.2 Å². The van der Waals surface area contributed by atoms with Crippen molar-refractivity contribution in [3.8, 4) is 0 Å². The van der Waals surface area contributed by atoms with Gasteiger partial charge in [-0.3, -0.25) is 14.3 Å². The van der Waals surface area contributed by atoms with Gasteiger partial charge >= 0.3 is 6.09 Å². The van der Waals surface area contributed by atoms with Gasteiger partial charge in [-0.25, -0.2) is 9.78 Å². The number of rotatable bonds is 4. The third-order valence-electron chi connectivity index (χ3n) is 4.76. The van der Waals surface area contributed by atoms with E-state index in [0.717, 1.165) is 43.7 Å². The van der Waals surface area contributed by atoms with Gasteiger partial charge in [-0.05, 0) is 46.6 Å². The second-order valence-electron chi connectivity index (χ2n) is 8.31. The molecule has 3 heterocycles. The third kappa shape index (κ3) is 5.28. The van der Waals surface area contributed by atoms with Crippen LogP contribution in [0, 0.1) is 6.92 Å². The Morgan fingerprint density at radius 2 is 1.96 bits per heavy atom. The van der Waals surface area contributed by atoms with E-state index in [1.807, 2.05) is 27.7 Å². The van der Waals surface area contributed by atoms with Crippen LogP contribution in [0.2, 0.25) is 0 Å².